The van der Waals surface area contributed by atoms with Crippen LogP contribution in [0.5, 0.6) is 5.75 Å². The van der Waals surface area contributed by atoms with E-state index in [0.29, 0.717) is 33.4 Å². The van der Waals surface area contributed by atoms with E-state index in [9.17, 15) is 5.11 Å². The molecule has 0 aliphatic heterocycles. The third-order valence-electron chi connectivity index (χ3n) is 3.43. The Bertz CT molecular complexity index is 798. The minimum atomic E-state index is -0.211. The van der Waals surface area contributed by atoms with Crippen molar-refractivity contribution in [3.05, 3.63) is 59.1 Å². The van der Waals surface area contributed by atoms with Crippen molar-refractivity contribution in [3.8, 4) is 28.3 Å². The van der Waals surface area contributed by atoms with Gasteiger partial charge in [-0.1, -0.05) is 41.0 Å². The second kappa shape index (κ2) is 6.22. The molecule has 1 aromatic heterocycles. The van der Waals surface area contributed by atoms with Crippen LogP contribution in [-0.4, -0.2) is 17.4 Å². The lowest BCUT2D eigenvalue weighted by atomic mass is 10.0. The Morgan fingerprint density at radius 1 is 1.09 bits per heavy atom. The number of aliphatic hydroxyl groups is 1. The Morgan fingerprint density at radius 3 is 2.45 bits per heavy atom. The molecule has 5 heteroatoms. The molecule has 0 spiro atoms. The normalized spacial score (nSPS) is 10.7. The van der Waals surface area contributed by atoms with Crippen molar-refractivity contribution >= 4 is 11.6 Å². The molecule has 0 saturated carbocycles. The number of benzene rings is 2. The molecule has 0 radical (unpaired) electrons. The number of aromatic nitrogens is 1. The van der Waals surface area contributed by atoms with Gasteiger partial charge in [0.1, 0.15) is 11.4 Å². The van der Waals surface area contributed by atoms with Crippen LogP contribution in [0.1, 0.15) is 5.56 Å². The zero-order chi connectivity index (χ0) is 15.5. The molecule has 0 bridgehead atoms. The third kappa shape index (κ3) is 2.47. The van der Waals surface area contributed by atoms with Crippen LogP contribution in [0, 0.1) is 0 Å². The van der Waals surface area contributed by atoms with E-state index in [4.69, 9.17) is 20.9 Å². The van der Waals surface area contributed by atoms with Gasteiger partial charge in [0, 0.05) is 11.1 Å². The molecule has 0 unspecified atom stereocenters. The molecule has 3 aromatic rings. The number of ether oxygens (including phenoxy) is 1. The molecular weight excluding hydrogens is 302 g/mol. The van der Waals surface area contributed by atoms with Gasteiger partial charge in [-0.05, 0) is 24.3 Å². The highest BCUT2D eigenvalue weighted by atomic mass is 35.5. The highest BCUT2D eigenvalue weighted by molar-refractivity contribution is 6.33. The number of halogens is 1. The summed E-state index contributed by atoms with van der Waals surface area (Å²) < 4.78 is 10.8. The van der Waals surface area contributed by atoms with Crippen molar-refractivity contribution in [2.75, 3.05) is 7.11 Å². The molecule has 1 heterocycles. The van der Waals surface area contributed by atoms with Crippen molar-refractivity contribution in [1.29, 1.82) is 0 Å². The number of hydrogen-bond acceptors (Lipinski definition) is 4. The smallest absolute Gasteiger partial charge is 0.174 e. The second-order valence-corrected chi connectivity index (χ2v) is 5.08. The number of para-hydroxylation sites is 1. The summed E-state index contributed by atoms with van der Waals surface area (Å²) in [5.41, 5.74) is 2.59. The maximum Gasteiger partial charge on any atom is 0.174 e. The van der Waals surface area contributed by atoms with Gasteiger partial charge in [-0.25, -0.2) is 0 Å². The van der Waals surface area contributed by atoms with Gasteiger partial charge in [0.2, 0.25) is 0 Å². The minimum absolute atomic E-state index is 0.211. The van der Waals surface area contributed by atoms with Crippen LogP contribution in [0.4, 0.5) is 0 Å². The lowest BCUT2D eigenvalue weighted by molar-refractivity contribution is 0.281. The first-order valence-corrected chi connectivity index (χ1v) is 7.11. The van der Waals surface area contributed by atoms with Crippen molar-refractivity contribution in [2.24, 2.45) is 0 Å². The second-order valence-electron chi connectivity index (χ2n) is 4.68. The maximum atomic E-state index is 9.78. The molecule has 0 aliphatic carbocycles. The predicted octanol–water partition coefficient (Wildman–Crippen LogP) is 4.16. The predicted molar refractivity (Wildman–Crippen MR) is 84.9 cm³/mol. The maximum absolute atomic E-state index is 9.78. The van der Waals surface area contributed by atoms with Crippen molar-refractivity contribution < 1.29 is 14.4 Å². The van der Waals surface area contributed by atoms with E-state index in [-0.39, 0.29) is 6.61 Å². The molecule has 3 rings (SSSR count). The summed E-state index contributed by atoms with van der Waals surface area (Å²) >= 11 is 6.21. The SMILES string of the molecule is COc1ccccc1-c1noc(-c2ccccc2Cl)c1CO. The fraction of sp³-hybridized carbons (Fsp3) is 0.118. The van der Waals surface area contributed by atoms with Crippen LogP contribution in [0.15, 0.2) is 53.1 Å². The average molecular weight is 316 g/mol. The first-order chi connectivity index (χ1) is 10.8. The van der Waals surface area contributed by atoms with Gasteiger partial charge in [0.05, 0.1) is 24.3 Å². The largest absolute Gasteiger partial charge is 0.496 e. The monoisotopic (exact) mass is 315 g/mol. The van der Waals surface area contributed by atoms with Gasteiger partial charge in [-0.2, -0.15) is 0 Å². The average Bonchev–Trinajstić information content (AvgIpc) is 2.98. The molecule has 112 valence electrons. The summed E-state index contributed by atoms with van der Waals surface area (Å²) in [5, 5.41) is 14.4. The minimum Gasteiger partial charge on any atom is -0.496 e. The summed E-state index contributed by atoms with van der Waals surface area (Å²) in [4.78, 5) is 0. The Morgan fingerprint density at radius 2 is 1.77 bits per heavy atom. The molecular formula is C17H14ClNO3. The Hall–Kier alpha value is -2.30. The van der Waals surface area contributed by atoms with Crippen molar-refractivity contribution in [3.63, 3.8) is 0 Å². The Labute approximate surface area is 132 Å². The van der Waals surface area contributed by atoms with Crippen LogP contribution in [0.25, 0.3) is 22.6 Å². The van der Waals surface area contributed by atoms with Crippen molar-refractivity contribution in [1.82, 2.24) is 5.16 Å². The summed E-state index contributed by atoms with van der Waals surface area (Å²) in [5.74, 6) is 1.13. The summed E-state index contributed by atoms with van der Waals surface area (Å²) in [6.07, 6.45) is 0. The molecule has 1 N–H and O–H groups in total. The summed E-state index contributed by atoms with van der Waals surface area (Å²) in [7, 11) is 1.59. The fourth-order valence-electron chi connectivity index (χ4n) is 2.36. The lowest BCUT2D eigenvalue weighted by Gasteiger charge is -2.07. The quantitative estimate of drug-likeness (QED) is 0.785. The van der Waals surface area contributed by atoms with Crippen LogP contribution in [0.3, 0.4) is 0 Å². The van der Waals surface area contributed by atoms with Crippen LogP contribution in [-0.2, 0) is 6.61 Å². The van der Waals surface area contributed by atoms with Gasteiger partial charge in [0.15, 0.2) is 5.76 Å². The van der Waals surface area contributed by atoms with E-state index in [1.807, 2.05) is 42.5 Å². The lowest BCUT2D eigenvalue weighted by Crippen LogP contribution is -1.92. The third-order valence-corrected chi connectivity index (χ3v) is 3.76. The standard InChI is InChI=1S/C17H14ClNO3/c1-21-15-9-5-3-7-12(15)16-13(10-20)17(22-19-16)11-6-2-4-8-14(11)18/h2-9,20H,10H2,1H3. The van der Waals surface area contributed by atoms with E-state index in [0.717, 1.165) is 5.56 Å². The molecule has 0 amide bonds. The molecule has 0 atom stereocenters. The van der Waals surface area contributed by atoms with Crippen molar-refractivity contribution in [2.45, 2.75) is 6.61 Å². The fourth-order valence-corrected chi connectivity index (χ4v) is 2.59. The van der Waals surface area contributed by atoms with Gasteiger partial charge in [-0.3, -0.25) is 0 Å². The topological polar surface area (TPSA) is 55.5 Å². The van der Waals surface area contributed by atoms with Crippen LogP contribution < -0.4 is 4.74 Å². The van der Waals surface area contributed by atoms with E-state index in [2.05, 4.69) is 5.16 Å². The first kappa shape index (κ1) is 14.6. The summed E-state index contributed by atoms with van der Waals surface area (Å²) in [6, 6.07) is 14.7. The highest BCUT2D eigenvalue weighted by Gasteiger charge is 2.21. The van der Waals surface area contributed by atoms with Gasteiger partial charge >= 0.3 is 0 Å². The van der Waals surface area contributed by atoms with E-state index >= 15 is 0 Å². The number of aliphatic hydroxyl groups excluding tert-OH is 1. The van der Waals surface area contributed by atoms with Crippen LogP contribution in [0.2, 0.25) is 5.02 Å². The molecule has 0 fully saturated rings. The number of methoxy groups -OCH3 is 1. The van der Waals surface area contributed by atoms with Gasteiger partial charge in [0.25, 0.3) is 0 Å². The molecule has 0 saturated heterocycles. The molecule has 4 nitrogen and oxygen atoms in total. The summed E-state index contributed by atoms with van der Waals surface area (Å²) in [6.45, 7) is -0.211. The van der Waals surface area contributed by atoms with Gasteiger partial charge in [-0.15, -0.1) is 0 Å². The zero-order valence-corrected chi connectivity index (χ0v) is 12.7. The number of hydrogen-bond donors (Lipinski definition) is 1. The molecule has 2 aromatic carbocycles. The first-order valence-electron chi connectivity index (χ1n) is 6.74. The molecule has 22 heavy (non-hydrogen) atoms. The number of rotatable bonds is 4. The zero-order valence-electron chi connectivity index (χ0n) is 11.9. The molecule has 0 aliphatic rings. The van der Waals surface area contributed by atoms with E-state index in [1.54, 1.807) is 13.2 Å². The highest BCUT2D eigenvalue weighted by Crippen LogP contribution is 2.38. The number of nitrogens with zero attached hydrogens (tertiary/aromatic N) is 1. The van der Waals surface area contributed by atoms with E-state index < -0.39 is 0 Å². The Balaban J connectivity index is 2.18. The van der Waals surface area contributed by atoms with Crippen LogP contribution >= 0.6 is 11.6 Å². The van der Waals surface area contributed by atoms with Gasteiger partial charge < -0.3 is 14.4 Å². The van der Waals surface area contributed by atoms with E-state index in [1.165, 1.54) is 0 Å². The Kier molecular flexibility index (Phi) is 4.13.